The summed E-state index contributed by atoms with van der Waals surface area (Å²) in [6, 6.07) is 6.22. The van der Waals surface area contributed by atoms with E-state index >= 15 is 0 Å². The molecule has 2 aromatic rings. The third-order valence-corrected chi connectivity index (χ3v) is 3.26. The van der Waals surface area contributed by atoms with E-state index in [0.717, 1.165) is 24.5 Å². The Kier molecular flexibility index (Phi) is 4.98. The average molecular weight is 286 g/mol. The van der Waals surface area contributed by atoms with Crippen LogP contribution in [0.5, 0.6) is 5.75 Å². The second kappa shape index (κ2) is 6.92. The van der Waals surface area contributed by atoms with Crippen molar-refractivity contribution in [1.82, 2.24) is 9.97 Å². The molecule has 0 saturated heterocycles. The highest BCUT2D eigenvalue weighted by atomic mass is 16.5. The second-order valence-electron chi connectivity index (χ2n) is 5.19. The lowest BCUT2D eigenvalue weighted by Gasteiger charge is -2.18. The minimum Gasteiger partial charge on any atom is -0.493 e. The molecule has 0 radical (unpaired) electrons. The van der Waals surface area contributed by atoms with Gasteiger partial charge in [0, 0.05) is 13.6 Å². The molecule has 21 heavy (non-hydrogen) atoms. The molecule has 2 rings (SSSR count). The maximum atomic E-state index is 5.81. The van der Waals surface area contributed by atoms with Crippen molar-refractivity contribution in [1.29, 1.82) is 0 Å². The zero-order chi connectivity index (χ0) is 15.2. The quantitative estimate of drug-likeness (QED) is 0.827. The van der Waals surface area contributed by atoms with Gasteiger partial charge < -0.3 is 15.4 Å². The lowest BCUT2D eigenvalue weighted by atomic mass is 10.1. The standard InChI is InChI=1S/C16H22N4O/c1-12-5-6-14(13(2)9-12)21-8-4-7-20(3)16-11-18-10-15(17)19-16/h5-6,9-11H,4,7-8H2,1-3H3,(H2,17,19). The van der Waals surface area contributed by atoms with Crippen LogP contribution in [0.3, 0.4) is 0 Å². The summed E-state index contributed by atoms with van der Waals surface area (Å²) in [6.45, 7) is 5.65. The Labute approximate surface area is 125 Å². The number of aromatic nitrogens is 2. The van der Waals surface area contributed by atoms with Crippen molar-refractivity contribution >= 4 is 11.6 Å². The normalized spacial score (nSPS) is 10.4. The molecule has 0 aliphatic heterocycles. The molecule has 1 aromatic heterocycles. The fraction of sp³-hybridized carbons (Fsp3) is 0.375. The van der Waals surface area contributed by atoms with Crippen molar-refractivity contribution in [3.8, 4) is 5.75 Å². The van der Waals surface area contributed by atoms with Crippen LogP contribution in [0.15, 0.2) is 30.6 Å². The van der Waals surface area contributed by atoms with E-state index in [1.165, 1.54) is 11.1 Å². The summed E-state index contributed by atoms with van der Waals surface area (Å²) >= 11 is 0. The van der Waals surface area contributed by atoms with Crippen molar-refractivity contribution in [3.63, 3.8) is 0 Å². The number of hydrogen-bond acceptors (Lipinski definition) is 5. The zero-order valence-electron chi connectivity index (χ0n) is 12.8. The van der Waals surface area contributed by atoms with Gasteiger partial charge in [0.15, 0.2) is 0 Å². The van der Waals surface area contributed by atoms with E-state index in [1.807, 2.05) is 18.0 Å². The van der Waals surface area contributed by atoms with Gasteiger partial charge in [-0.2, -0.15) is 0 Å². The Morgan fingerprint density at radius 1 is 1.24 bits per heavy atom. The Balaban J connectivity index is 1.79. The number of nitrogen functional groups attached to an aromatic ring is 1. The van der Waals surface area contributed by atoms with Crippen molar-refractivity contribution in [2.75, 3.05) is 30.8 Å². The van der Waals surface area contributed by atoms with Crippen LogP contribution in [-0.2, 0) is 0 Å². The van der Waals surface area contributed by atoms with Crippen LogP contribution in [0.4, 0.5) is 11.6 Å². The molecule has 5 heteroatoms. The van der Waals surface area contributed by atoms with E-state index in [-0.39, 0.29) is 0 Å². The monoisotopic (exact) mass is 286 g/mol. The van der Waals surface area contributed by atoms with E-state index in [0.29, 0.717) is 12.4 Å². The maximum Gasteiger partial charge on any atom is 0.149 e. The molecule has 1 aromatic carbocycles. The molecule has 0 unspecified atom stereocenters. The molecule has 0 bridgehead atoms. The third-order valence-electron chi connectivity index (χ3n) is 3.26. The average Bonchev–Trinajstić information content (AvgIpc) is 2.45. The van der Waals surface area contributed by atoms with Crippen LogP contribution in [0, 0.1) is 13.8 Å². The molecule has 0 aliphatic rings. The molecule has 0 atom stereocenters. The molecular weight excluding hydrogens is 264 g/mol. The Morgan fingerprint density at radius 3 is 2.76 bits per heavy atom. The van der Waals surface area contributed by atoms with Gasteiger partial charge >= 0.3 is 0 Å². The predicted molar refractivity (Wildman–Crippen MR) is 85.7 cm³/mol. The van der Waals surface area contributed by atoms with Crippen LogP contribution in [-0.4, -0.2) is 30.2 Å². The lowest BCUT2D eigenvalue weighted by molar-refractivity contribution is 0.310. The van der Waals surface area contributed by atoms with Crippen LogP contribution >= 0.6 is 0 Å². The summed E-state index contributed by atoms with van der Waals surface area (Å²) in [5.41, 5.74) is 8.05. The maximum absolute atomic E-state index is 5.81. The third kappa shape index (κ3) is 4.34. The highest BCUT2D eigenvalue weighted by Crippen LogP contribution is 2.19. The van der Waals surface area contributed by atoms with Gasteiger partial charge in [-0.1, -0.05) is 17.7 Å². The molecule has 112 valence electrons. The van der Waals surface area contributed by atoms with Crippen LogP contribution < -0.4 is 15.4 Å². The summed E-state index contributed by atoms with van der Waals surface area (Å²) in [4.78, 5) is 10.3. The van der Waals surface area contributed by atoms with Gasteiger partial charge in [0.2, 0.25) is 0 Å². The van der Waals surface area contributed by atoms with Gasteiger partial charge in [0.05, 0.1) is 19.0 Å². The summed E-state index contributed by atoms with van der Waals surface area (Å²) in [6.07, 6.45) is 4.16. The molecule has 5 nitrogen and oxygen atoms in total. The number of hydrogen-bond donors (Lipinski definition) is 1. The van der Waals surface area contributed by atoms with Crippen LogP contribution in [0.2, 0.25) is 0 Å². The van der Waals surface area contributed by atoms with E-state index < -0.39 is 0 Å². The fourth-order valence-corrected chi connectivity index (χ4v) is 2.11. The first kappa shape index (κ1) is 15.1. The number of nitrogens with zero attached hydrogens (tertiary/aromatic N) is 3. The van der Waals surface area contributed by atoms with Gasteiger partial charge in [-0.05, 0) is 31.9 Å². The molecular formula is C16H22N4O. The van der Waals surface area contributed by atoms with Crippen LogP contribution in [0.25, 0.3) is 0 Å². The minimum atomic E-state index is 0.436. The Morgan fingerprint density at radius 2 is 2.05 bits per heavy atom. The van der Waals surface area contributed by atoms with E-state index in [2.05, 4.69) is 35.9 Å². The number of ether oxygens (including phenoxy) is 1. The van der Waals surface area contributed by atoms with Gasteiger partial charge in [-0.15, -0.1) is 0 Å². The molecule has 0 amide bonds. The first-order chi connectivity index (χ1) is 10.1. The van der Waals surface area contributed by atoms with Crippen molar-refractivity contribution in [2.45, 2.75) is 20.3 Å². The molecule has 1 heterocycles. The molecule has 0 fully saturated rings. The largest absolute Gasteiger partial charge is 0.493 e. The van der Waals surface area contributed by atoms with Crippen LogP contribution in [0.1, 0.15) is 17.5 Å². The number of benzene rings is 1. The number of rotatable bonds is 6. The number of anilines is 2. The highest BCUT2D eigenvalue weighted by molar-refractivity contribution is 5.40. The molecule has 2 N–H and O–H groups in total. The summed E-state index contributed by atoms with van der Waals surface area (Å²) < 4.78 is 5.81. The summed E-state index contributed by atoms with van der Waals surface area (Å²) in [5, 5.41) is 0. The van der Waals surface area contributed by atoms with Gasteiger partial charge in [-0.3, -0.25) is 4.98 Å². The zero-order valence-corrected chi connectivity index (χ0v) is 12.8. The van der Waals surface area contributed by atoms with E-state index in [1.54, 1.807) is 12.4 Å². The molecule has 0 aliphatic carbocycles. The topological polar surface area (TPSA) is 64.3 Å². The van der Waals surface area contributed by atoms with Crippen molar-refractivity contribution < 1.29 is 4.74 Å². The first-order valence-corrected chi connectivity index (χ1v) is 7.05. The van der Waals surface area contributed by atoms with Crippen molar-refractivity contribution in [3.05, 3.63) is 41.7 Å². The molecule has 0 saturated carbocycles. The summed E-state index contributed by atoms with van der Waals surface area (Å²) in [7, 11) is 1.97. The SMILES string of the molecule is Cc1ccc(OCCCN(C)c2cncc(N)n2)c(C)c1. The predicted octanol–water partition coefficient (Wildman–Crippen LogP) is 2.58. The van der Waals surface area contributed by atoms with Crippen molar-refractivity contribution in [2.24, 2.45) is 0 Å². The Hall–Kier alpha value is -2.30. The number of aryl methyl sites for hydroxylation is 2. The van der Waals surface area contributed by atoms with Gasteiger partial charge in [0.1, 0.15) is 17.4 Å². The number of nitrogens with two attached hydrogens (primary N) is 1. The highest BCUT2D eigenvalue weighted by Gasteiger charge is 2.04. The minimum absolute atomic E-state index is 0.436. The fourth-order valence-electron chi connectivity index (χ4n) is 2.11. The molecule has 0 spiro atoms. The van der Waals surface area contributed by atoms with E-state index in [4.69, 9.17) is 10.5 Å². The summed E-state index contributed by atoms with van der Waals surface area (Å²) in [5.74, 6) is 2.17. The van der Waals surface area contributed by atoms with Gasteiger partial charge in [-0.25, -0.2) is 4.98 Å². The first-order valence-electron chi connectivity index (χ1n) is 7.05. The van der Waals surface area contributed by atoms with E-state index in [9.17, 15) is 0 Å². The smallest absolute Gasteiger partial charge is 0.149 e. The lowest BCUT2D eigenvalue weighted by Crippen LogP contribution is -2.22. The Bertz CT molecular complexity index is 601. The second-order valence-corrected chi connectivity index (χ2v) is 5.19. The van der Waals surface area contributed by atoms with Gasteiger partial charge in [0.25, 0.3) is 0 Å².